The molecule has 1 aliphatic rings. The smallest absolute Gasteiger partial charge is 0.391 e. The van der Waals surface area contributed by atoms with Crippen molar-refractivity contribution in [3.63, 3.8) is 0 Å². The van der Waals surface area contributed by atoms with Crippen molar-refractivity contribution < 1.29 is 18.3 Å². The molecule has 5 nitrogen and oxygen atoms in total. The summed E-state index contributed by atoms with van der Waals surface area (Å²) >= 11 is 0. The number of alkyl halides is 3. The number of hydrogen-bond acceptors (Lipinski definition) is 5. The molecule has 122 valence electrons. The van der Waals surface area contributed by atoms with Crippen LogP contribution in [-0.2, 0) is 6.18 Å². The largest absolute Gasteiger partial charge is 0.433 e. The number of nitrogens with zero attached hydrogens (tertiary/aromatic N) is 3. The number of anilines is 1. The summed E-state index contributed by atoms with van der Waals surface area (Å²) in [4.78, 5) is 11.5. The van der Waals surface area contributed by atoms with E-state index in [4.69, 9.17) is 0 Å². The van der Waals surface area contributed by atoms with E-state index in [0.29, 0.717) is 5.56 Å². The van der Waals surface area contributed by atoms with E-state index >= 15 is 0 Å². The zero-order valence-electron chi connectivity index (χ0n) is 12.1. The lowest BCUT2D eigenvalue weighted by Gasteiger charge is -2.14. The monoisotopic (exact) mass is 324 g/mol. The van der Waals surface area contributed by atoms with Crippen LogP contribution in [-0.4, -0.2) is 32.7 Å². The highest BCUT2D eigenvalue weighted by atomic mass is 19.4. The van der Waals surface area contributed by atoms with Crippen molar-refractivity contribution in [3.8, 4) is 11.4 Å². The first-order valence-corrected chi connectivity index (χ1v) is 7.22. The number of aliphatic hydroxyl groups is 1. The number of rotatable bonds is 5. The summed E-state index contributed by atoms with van der Waals surface area (Å²) in [5, 5.41) is 12.6. The van der Waals surface area contributed by atoms with Crippen LogP contribution >= 0.6 is 0 Å². The molecule has 0 unspecified atom stereocenters. The average Bonchev–Trinajstić information content (AvgIpc) is 3.37. The lowest BCUT2D eigenvalue weighted by Crippen LogP contribution is -2.22. The molecule has 0 bridgehead atoms. The van der Waals surface area contributed by atoms with Gasteiger partial charge >= 0.3 is 6.18 Å². The summed E-state index contributed by atoms with van der Waals surface area (Å²) in [5.74, 6) is 0.200. The van der Waals surface area contributed by atoms with Crippen LogP contribution in [0.5, 0.6) is 0 Å². The third-order valence-electron chi connectivity index (χ3n) is 3.59. The lowest BCUT2D eigenvalue weighted by atomic mass is 10.2. The second-order valence-electron chi connectivity index (χ2n) is 5.49. The van der Waals surface area contributed by atoms with Crippen LogP contribution in [0.2, 0.25) is 0 Å². The van der Waals surface area contributed by atoms with Gasteiger partial charge in [0.25, 0.3) is 0 Å². The summed E-state index contributed by atoms with van der Waals surface area (Å²) in [6, 6.07) is 4.04. The highest BCUT2D eigenvalue weighted by molar-refractivity contribution is 5.56. The molecule has 1 saturated carbocycles. The Hall–Kier alpha value is -2.22. The van der Waals surface area contributed by atoms with Crippen LogP contribution in [0.3, 0.4) is 0 Å². The predicted molar refractivity (Wildman–Crippen MR) is 77.5 cm³/mol. The van der Waals surface area contributed by atoms with Gasteiger partial charge in [-0.25, -0.2) is 9.97 Å². The molecule has 23 heavy (non-hydrogen) atoms. The van der Waals surface area contributed by atoms with Gasteiger partial charge in [0, 0.05) is 30.6 Å². The Morgan fingerprint density at radius 3 is 2.70 bits per heavy atom. The van der Waals surface area contributed by atoms with Crippen LogP contribution in [0.15, 0.2) is 30.6 Å². The van der Waals surface area contributed by atoms with Crippen molar-refractivity contribution in [3.05, 3.63) is 36.3 Å². The van der Waals surface area contributed by atoms with Gasteiger partial charge in [-0.3, -0.25) is 4.98 Å². The summed E-state index contributed by atoms with van der Waals surface area (Å²) in [6.07, 6.45) is -0.351. The van der Waals surface area contributed by atoms with E-state index in [1.165, 1.54) is 12.4 Å². The maximum Gasteiger partial charge on any atom is 0.433 e. The SMILES string of the molecule is O[C@H](CNc1cc(C(F)(F)F)nc(-c2cccnc2)n1)C1CC1. The Labute approximate surface area is 130 Å². The molecule has 2 aromatic heterocycles. The van der Waals surface area contributed by atoms with E-state index in [1.807, 2.05) is 0 Å². The number of nitrogens with one attached hydrogen (secondary N) is 1. The van der Waals surface area contributed by atoms with Crippen molar-refractivity contribution >= 4 is 5.82 Å². The number of halogens is 3. The summed E-state index contributed by atoms with van der Waals surface area (Å²) < 4.78 is 39.1. The van der Waals surface area contributed by atoms with E-state index in [-0.39, 0.29) is 24.1 Å². The molecule has 1 aliphatic carbocycles. The third-order valence-corrected chi connectivity index (χ3v) is 3.59. The first-order chi connectivity index (χ1) is 10.9. The molecule has 3 rings (SSSR count). The predicted octanol–water partition coefficient (Wildman–Crippen LogP) is 2.74. The van der Waals surface area contributed by atoms with Gasteiger partial charge in [-0.2, -0.15) is 13.2 Å². The summed E-state index contributed by atoms with van der Waals surface area (Å²) in [5.41, 5.74) is -0.640. The minimum Gasteiger partial charge on any atom is -0.391 e. The van der Waals surface area contributed by atoms with E-state index in [0.717, 1.165) is 18.9 Å². The molecule has 0 radical (unpaired) electrons. The van der Waals surface area contributed by atoms with Gasteiger partial charge in [0.1, 0.15) is 5.82 Å². The Balaban J connectivity index is 1.88. The summed E-state index contributed by atoms with van der Waals surface area (Å²) in [6.45, 7) is 0.158. The van der Waals surface area contributed by atoms with Gasteiger partial charge in [0.05, 0.1) is 6.10 Å². The molecule has 2 N–H and O–H groups in total. The zero-order chi connectivity index (χ0) is 16.4. The Morgan fingerprint density at radius 1 is 1.30 bits per heavy atom. The zero-order valence-corrected chi connectivity index (χ0v) is 12.1. The fourth-order valence-corrected chi connectivity index (χ4v) is 2.16. The number of pyridine rings is 1. The van der Waals surface area contributed by atoms with Crippen LogP contribution in [0, 0.1) is 5.92 Å². The second-order valence-corrected chi connectivity index (χ2v) is 5.49. The van der Waals surface area contributed by atoms with Gasteiger partial charge in [-0.05, 0) is 30.9 Å². The molecular weight excluding hydrogens is 309 g/mol. The lowest BCUT2D eigenvalue weighted by molar-refractivity contribution is -0.141. The van der Waals surface area contributed by atoms with Crippen molar-refractivity contribution in [1.82, 2.24) is 15.0 Å². The van der Waals surface area contributed by atoms with Gasteiger partial charge in [0.15, 0.2) is 11.5 Å². The van der Waals surface area contributed by atoms with Gasteiger partial charge < -0.3 is 10.4 Å². The quantitative estimate of drug-likeness (QED) is 0.885. The molecule has 1 fully saturated rings. The topological polar surface area (TPSA) is 70.9 Å². The maximum absolute atomic E-state index is 13.0. The van der Waals surface area contributed by atoms with E-state index in [1.54, 1.807) is 12.1 Å². The molecule has 0 spiro atoms. The standard InChI is InChI=1S/C15H15F3N4O/c16-15(17,18)12-6-13(20-8-11(23)9-3-4-9)22-14(21-12)10-2-1-5-19-7-10/h1-2,5-7,9,11,23H,3-4,8H2,(H,20,21,22)/t11-/m1/s1. The molecule has 2 heterocycles. The van der Waals surface area contributed by atoms with Crippen LogP contribution in [0.25, 0.3) is 11.4 Å². The average molecular weight is 324 g/mol. The van der Waals surface area contributed by atoms with Crippen molar-refractivity contribution in [2.75, 3.05) is 11.9 Å². The van der Waals surface area contributed by atoms with E-state index in [9.17, 15) is 18.3 Å². The minimum atomic E-state index is -4.58. The van der Waals surface area contributed by atoms with Crippen LogP contribution in [0.4, 0.5) is 19.0 Å². The van der Waals surface area contributed by atoms with Gasteiger partial charge in [0.2, 0.25) is 0 Å². The highest BCUT2D eigenvalue weighted by Crippen LogP contribution is 2.33. The Morgan fingerprint density at radius 2 is 2.09 bits per heavy atom. The van der Waals surface area contributed by atoms with E-state index < -0.39 is 18.0 Å². The second kappa shape index (κ2) is 6.11. The molecule has 2 aromatic rings. The minimum absolute atomic E-state index is 0.0332. The Kier molecular flexibility index (Phi) is 4.16. The maximum atomic E-state index is 13.0. The fraction of sp³-hybridized carbons (Fsp3) is 0.400. The molecule has 0 aliphatic heterocycles. The number of hydrogen-bond donors (Lipinski definition) is 2. The van der Waals surface area contributed by atoms with Crippen molar-refractivity contribution in [2.24, 2.45) is 5.92 Å². The third kappa shape index (κ3) is 3.95. The van der Waals surface area contributed by atoms with Crippen LogP contribution in [0.1, 0.15) is 18.5 Å². The number of aliphatic hydroxyl groups excluding tert-OH is 1. The van der Waals surface area contributed by atoms with Gasteiger partial charge in [-0.1, -0.05) is 0 Å². The summed E-state index contributed by atoms with van der Waals surface area (Å²) in [7, 11) is 0. The van der Waals surface area contributed by atoms with Crippen molar-refractivity contribution in [1.29, 1.82) is 0 Å². The molecule has 1 atom stereocenters. The number of aromatic nitrogens is 3. The molecule has 0 amide bonds. The highest BCUT2D eigenvalue weighted by Gasteiger charge is 2.34. The molecule has 0 aromatic carbocycles. The Bertz CT molecular complexity index is 674. The van der Waals surface area contributed by atoms with Crippen molar-refractivity contribution in [2.45, 2.75) is 25.1 Å². The first-order valence-electron chi connectivity index (χ1n) is 7.22. The van der Waals surface area contributed by atoms with Gasteiger partial charge in [-0.15, -0.1) is 0 Å². The van der Waals surface area contributed by atoms with Crippen LogP contribution < -0.4 is 5.32 Å². The molecule has 8 heteroatoms. The fourth-order valence-electron chi connectivity index (χ4n) is 2.16. The first kappa shape index (κ1) is 15.7. The van der Waals surface area contributed by atoms with E-state index in [2.05, 4.69) is 20.3 Å². The molecular formula is C15H15F3N4O. The molecule has 0 saturated heterocycles. The normalized spacial score (nSPS) is 16.2.